The molecule has 0 aliphatic carbocycles. The Balaban J connectivity index is 0.000000223. The second-order valence-corrected chi connectivity index (χ2v) is 8.53. The molecular weight excluding hydrogens is 440 g/mol. The fourth-order valence-corrected chi connectivity index (χ4v) is 4.50. The minimum Gasteiger partial charge on any atom is -0.454 e. The maximum Gasteiger partial charge on any atom is 0.154 e. The van der Waals surface area contributed by atoms with Gasteiger partial charge in [0.25, 0.3) is 0 Å². The number of H-pyrrole nitrogens is 1. The number of para-hydroxylation sites is 2. The van der Waals surface area contributed by atoms with Crippen LogP contribution in [0.4, 0.5) is 0 Å². The van der Waals surface area contributed by atoms with Gasteiger partial charge in [0.2, 0.25) is 0 Å². The molecule has 1 N–H and O–H groups in total. The van der Waals surface area contributed by atoms with Crippen molar-refractivity contribution in [3.8, 4) is 33.7 Å². The predicted octanol–water partition coefficient (Wildman–Crippen LogP) is 9.00. The molecule has 0 amide bonds. The Morgan fingerprint density at radius 1 is 0.583 bits per heavy atom. The van der Waals surface area contributed by atoms with Gasteiger partial charge in [-0.25, -0.2) is 0 Å². The summed E-state index contributed by atoms with van der Waals surface area (Å²) in [6.07, 6.45) is 3.81. The van der Waals surface area contributed by atoms with E-state index in [2.05, 4.69) is 89.9 Å². The van der Waals surface area contributed by atoms with Crippen LogP contribution in [0.2, 0.25) is 0 Å². The van der Waals surface area contributed by atoms with Gasteiger partial charge in [0, 0.05) is 28.9 Å². The molecule has 0 aliphatic rings. The molecule has 7 aromatic rings. The summed E-state index contributed by atoms with van der Waals surface area (Å²) < 4.78 is 6.14. The Morgan fingerprint density at radius 2 is 1.25 bits per heavy atom. The zero-order chi connectivity index (χ0) is 24.2. The van der Waals surface area contributed by atoms with Gasteiger partial charge in [-0.15, -0.1) is 0 Å². The Bertz CT molecular complexity index is 1670. The van der Waals surface area contributed by atoms with Crippen molar-refractivity contribution in [1.82, 2.24) is 9.97 Å². The van der Waals surface area contributed by atoms with Gasteiger partial charge in [0.15, 0.2) is 5.76 Å². The molecule has 172 valence electrons. The number of hydrogen-bond donors (Lipinski definition) is 1. The van der Waals surface area contributed by atoms with E-state index in [0.717, 1.165) is 44.7 Å². The molecule has 0 atom stereocenters. The van der Waals surface area contributed by atoms with Crippen LogP contribution in [-0.4, -0.2) is 9.97 Å². The van der Waals surface area contributed by atoms with E-state index in [9.17, 15) is 0 Å². The molecule has 7 rings (SSSR count). The first-order chi connectivity index (χ1) is 17.9. The van der Waals surface area contributed by atoms with E-state index in [-0.39, 0.29) is 0 Å². The Labute approximate surface area is 209 Å². The summed E-state index contributed by atoms with van der Waals surface area (Å²) in [5.41, 5.74) is 7.46. The molecule has 0 unspecified atom stereocenters. The highest BCUT2D eigenvalue weighted by Crippen LogP contribution is 2.40. The van der Waals surface area contributed by atoms with Gasteiger partial charge in [-0.3, -0.25) is 4.98 Å². The molecule has 0 aliphatic heterocycles. The van der Waals surface area contributed by atoms with Crippen LogP contribution < -0.4 is 0 Å². The average Bonchev–Trinajstić information content (AvgIpc) is 3.61. The van der Waals surface area contributed by atoms with Crippen molar-refractivity contribution in [2.75, 3.05) is 0 Å². The van der Waals surface area contributed by atoms with E-state index in [1.807, 2.05) is 54.9 Å². The third kappa shape index (κ3) is 4.30. The summed E-state index contributed by atoms with van der Waals surface area (Å²) in [4.78, 5) is 7.83. The summed E-state index contributed by atoms with van der Waals surface area (Å²) in [5, 5.41) is 2.36. The maximum absolute atomic E-state index is 6.14. The number of fused-ring (bicyclic) bond motifs is 2. The fourth-order valence-electron chi connectivity index (χ4n) is 4.50. The van der Waals surface area contributed by atoms with Crippen molar-refractivity contribution in [3.05, 3.63) is 140 Å². The van der Waals surface area contributed by atoms with Gasteiger partial charge in [-0.05, 0) is 52.4 Å². The average molecular weight is 465 g/mol. The second kappa shape index (κ2) is 9.77. The lowest BCUT2D eigenvalue weighted by Crippen LogP contribution is -1.92. The minimum absolute atomic E-state index is 0.785. The summed E-state index contributed by atoms with van der Waals surface area (Å²) in [6, 6.07) is 43.3. The molecular formula is C33H24N2O. The normalized spacial score (nSPS) is 10.8. The van der Waals surface area contributed by atoms with Crippen LogP contribution >= 0.6 is 0 Å². The van der Waals surface area contributed by atoms with Crippen molar-refractivity contribution < 1.29 is 4.42 Å². The van der Waals surface area contributed by atoms with Crippen LogP contribution in [0.5, 0.6) is 0 Å². The third-order valence-electron chi connectivity index (χ3n) is 6.22. The Morgan fingerprint density at radius 3 is 2.00 bits per heavy atom. The van der Waals surface area contributed by atoms with Crippen LogP contribution in [0.1, 0.15) is 0 Å². The highest BCUT2D eigenvalue weighted by Gasteiger charge is 2.18. The molecule has 0 fully saturated rings. The lowest BCUT2D eigenvalue weighted by Gasteiger charge is -2.13. The standard InChI is InChI=1S/C25H17NO.C8H7N/c1-3-9-18(10-4-1)21-15-16-26-25(24(21)19-11-5-2-6-12-19)23-17-20-13-7-8-14-22(20)27-23;1-2-4-8-7(3-1)5-6-9-8/h1-17H;1-6,9H. The number of benzene rings is 4. The van der Waals surface area contributed by atoms with E-state index in [0.29, 0.717) is 0 Å². The monoisotopic (exact) mass is 464 g/mol. The van der Waals surface area contributed by atoms with E-state index < -0.39 is 0 Å². The van der Waals surface area contributed by atoms with Crippen LogP contribution in [0, 0.1) is 0 Å². The first-order valence-electron chi connectivity index (χ1n) is 12.0. The first-order valence-corrected chi connectivity index (χ1v) is 12.0. The number of nitrogens with zero attached hydrogens (tertiary/aromatic N) is 1. The van der Waals surface area contributed by atoms with E-state index in [1.54, 1.807) is 0 Å². The van der Waals surface area contributed by atoms with Gasteiger partial charge in [-0.2, -0.15) is 0 Å². The highest BCUT2D eigenvalue weighted by atomic mass is 16.3. The molecule has 4 aromatic carbocycles. The SMILES string of the molecule is c1ccc(-c2ccnc(-c3cc4ccccc4o3)c2-c2ccccc2)cc1.c1ccc2[nH]ccc2c1. The number of nitrogens with one attached hydrogen (secondary N) is 1. The number of rotatable bonds is 3. The molecule has 3 heteroatoms. The molecule has 0 bridgehead atoms. The summed E-state index contributed by atoms with van der Waals surface area (Å²) in [7, 11) is 0. The van der Waals surface area contributed by atoms with E-state index >= 15 is 0 Å². The number of aromatic nitrogens is 2. The van der Waals surface area contributed by atoms with Gasteiger partial charge >= 0.3 is 0 Å². The predicted molar refractivity (Wildman–Crippen MR) is 149 cm³/mol. The van der Waals surface area contributed by atoms with Crippen molar-refractivity contribution in [1.29, 1.82) is 0 Å². The largest absolute Gasteiger partial charge is 0.454 e. The highest BCUT2D eigenvalue weighted by molar-refractivity contribution is 5.93. The van der Waals surface area contributed by atoms with Crippen LogP contribution in [0.15, 0.2) is 144 Å². The molecule has 36 heavy (non-hydrogen) atoms. The van der Waals surface area contributed by atoms with Crippen molar-refractivity contribution in [2.45, 2.75) is 0 Å². The van der Waals surface area contributed by atoms with Crippen molar-refractivity contribution >= 4 is 21.9 Å². The topological polar surface area (TPSA) is 41.8 Å². The molecule has 3 nitrogen and oxygen atoms in total. The zero-order valence-electron chi connectivity index (χ0n) is 19.6. The summed E-state index contributed by atoms with van der Waals surface area (Å²) >= 11 is 0. The molecule has 0 radical (unpaired) electrons. The van der Waals surface area contributed by atoms with Crippen LogP contribution in [-0.2, 0) is 0 Å². The second-order valence-electron chi connectivity index (χ2n) is 8.53. The quantitative estimate of drug-likeness (QED) is 0.283. The molecule has 0 saturated heterocycles. The van der Waals surface area contributed by atoms with Crippen molar-refractivity contribution in [3.63, 3.8) is 0 Å². The maximum atomic E-state index is 6.14. The number of furan rings is 1. The van der Waals surface area contributed by atoms with Gasteiger partial charge in [-0.1, -0.05) is 97.1 Å². The minimum atomic E-state index is 0.785. The van der Waals surface area contributed by atoms with E-state index in [4.69, 9.17) is 9.40 Å². The Hall–Kier alpha value is -4.89. The van der Waals surface area contributed by atoms with Crippen molar-refractivity contribution in [2.24, 2.45) is 0 Å². The first kappa shape index (κ1) is 21.6. The van der Waals surface area contributed by atoms with Crippen LogP contribution in [0.3, 0.4) is 0 Å². The smallest absolute Gasteiger partial charge is 0.154 e. The summed E-state index contributed by atoms with van der Waals surface area (Å²) in [5.74, 6) is 0.785. The molecule has 3 aromatic heterocycles. The number of hydrogen-bond acceptors (Lipinski definition) is 2. The molecule has 0 saturated carbocycles. The lowest BCUT2D eigenvalue weighted by atomic mass is 9.93. The Kier molecular flexibility index (Phi) is 5.87. The number of pyridine rings is 1. The van der Waals surface area contributed by atoms with Crippen LogP contribution in [0.25, 0.3) is 55.6 Å². The van der Waals surface area contributed by atoms with Gasteiger partial charge in [0.1, 0.15) is 11.3 Å². The van der Waals surface area contributed by atoms with Gasteiger partial charge < -0.3 is 9.40 Å². The molecule has 0 spiro atoms. The summed E-state index contributed by atoms with van der Waals surface area (Å²) in [6.45, 7) is 0. The van der Waals surface area contributed by atoms with E-state index in [1.165, 1.54) is 10.9 Å². The van der Waals surface area contributed by atoms with Gasteiger partial charge in [0.05, 0.1) is 0 Å². The number of aromatic amines is 1. The lowest BCUT2D eigenvalue weighted by molar-refractivity contribution is 0.629. The fraction of sp³-hybridized carbons (Fsp3) is 0. The molecule has 3 heterocycles. The zero-order valence-corrected chi connectivity index (χ0v) is 19.6. The third-order valence-corrected chi connectivity index (χ3v) is 6.22.